The number of rotatable bonds is 5. The molecule has 1 rings (SSSR count). The van der Waals surface area contributed by atoms with Crippen molar-refractivity contribution in [3.05, 3.63) is 29.8 Å². The van der Waals surface area contributed by atoms with Crippen LogP contribution in [0.25, 0.3) is 0 Å². The third-order valence-corrected chi connectivity index (χ3v) is 2.36. The lowest BCUT2D eigenvalue weighted by atomic mass is 10.2. The molecular formula is C12H18N3O2+. The summed E-state index contributed by atoms with van der Waals surface area (Å²) in [4.78, 5) is 22.5. The minimum atomic E-state index is -0.108. The summed E-state index contributed by atoms with van der Waals surface area (Å²) in [6.45, 7) is 2.43. The van der Waals surface area contributed by atoms with Crippen LogP contribution in [0.1, 0.15) is 5.56 Å². The van der Waals surface area contributed by atoms with E-state index in [1.54, 1.807) is 12.4 Å². The van der Waals surface area contributed by atoms with Crippen molar-refractivity contribution in [3.8, 4) is 0 Å². The van der Waals surface area contributed by atoms with Crippen molar-refractivity contribution in [1.29, 1.82) is 0 Å². The first-order valence-corrected chi connectivity index (χ1v) is 5.51. The fraction of sp³-hybridized carbons (Fsp3) is 0.333. The zero-order valence-electron chi connectivity index (χ0n) is 10.1. The lowest BCUT2D eigenvalue weighted by molar-refractivity contribution is -0.632. The van der Waals surface area contributed by atoms with Gasteiger partial charge in [-0.25, -0.2) is 0 Å². The van der Waals surface area contributed by atoms with Gasteiger partial charge in [0.1, 0.15) is 0 Å². The number of para-hydroxylation sites is 1. The van der Waals surface area contributed by atoms with Gasteiger partial charge in [-0.05, 0) is 18.6 Å². The van der Waals surface area contributed by atoms with E-state index in [0.29, 0.717) is 0 Å². The van der Waals surface area contributed by atoms with Gasteiger partial charge in [0.2, 0.25) is 0 Å². The molecule has 0 fully saturated rings. The molecule has 5 nitrogen and oxygen atoms in total. The average Bonchev–Trinajstić information content (AvgIpc) is 2.32. The summed E-state index contributed by atoms with van der Waals surface area (Å²) in [5, 5.41) is 6.95. The highest BCUT2D eigenvalue weighted by atomic mass is 16.2. The number of aryl methyl sites for hydroxylation is 1. The molecule has 4 N–H and O–H groups in total. The Balaban J connectivity index is 2.35. The summed E-state index contributed by atoms with van der Waals surface area (Å²) in [6.07, 6.45) is 0. The van der Waals surface area contributed by atoms with Gasteiger partial charge in [0, 0.05) is 12.7 Å². The van der Waals surface area contributed by atoms with Gasteiger partial charge in [0.05, 0.1) is 0 Å². The van der Waals surface area contributed by atoms with Crippen LogP contribution in [0, 0.1) is 6.92 Å². The number of hydrogen-bond donors (Lipinski definition) is 3. The maximum atomic E-state index is 11.6. The molecule has 0 aliphatic rings. The lowest BCUT2D eigenvalue weighted by Crippen LogP contribution is -2.88. The Morgan fingerprint density at radius 2 is 1.82 bits per heavy atom. The maximum Gasteiger partial charge on any atom is 0.279 e. The van der Waals surface area contributed by atoms with Gasteiger partial charge in [-0.1, -0.05) is 18.2 Å². The highest BCUT2D eigenvalue weighted by Gasteiger charge is 2.07. The topological polar surface area (TPSA) is 74.8 Å². The van der Waals surface area contributed by atoms with Gasteiger partial charge in [-0.2, -0.15) is 0 Å². The minimum Gasteiger partial charge on any atom is -0.354 e. The molecule has 1 aromatic rings. The van der Waals surface area contributed by atoms with Crippen molar-refractivity contribution < 1.29 is 14.9 Å². The van der Waals surface area contributed by atoms with E-state index in [2.05, 4.69) is 10.6 Å². The average molecular weight is 236 g/mol. The second-order valence-corrected chi connectivity index (χ2v) is 3.73. The molecule has 0 aliphatic carbocycles. The molecule has 0 atom stereocenters. The molecule has 0 unspecified atom stereocenters. The van der Waals surface area contributed by atoms with Crippen LogP contribution in [0.15, 0.2) is 24.3 Å². The van der Waals surface area contributed by atoms with E-state index in [0.717, 1.165) is 11.3 Å². The Labute approximate surface area is 101 Å². The highest BCUT2D eigenvalue weighted by molar-refractivity contribution is 5.92. The molecule has 92 valence electrons. The van der Waals surface area contributed by atoms with Crippen LogP contribution in [0.5, 0.6) is 0 Å². The second kappa shape index (κ2) is 6.65. The summed E-state index contributed by atoms with van der Waals surface area (Å²) in [7, 11) is 1.57. The van der Waals surface area contributed by atoms with Crippen LogP contribution in [0.4, 0.5) is 5.69 Å². The van der Waals surface area contributed by atoms with Gasteiger partial charge >= 0.3 is 0 Å². The summed E-state index contributed by atoms with van der Waals surface area (Å²) in [5.74, 6) is -0.197. The van der Waals surface area contributed by atoms with E-state index < -0.39 is 0 Å². The van der Waals surface area contributed by atoms with E-state index in [9.17, 15) is 9.59 Å². The smallest absolute Gasteiger partial charge is 0.279 e. The SMILES string of the molecule is CNC(=O)C[NH2+]CC(=O)Nc1ccccc1C. The number of hydrogen-bond acceptors (Lipinski definition) is 2. The Morgan fingerprint density at radius 1 is 1.18 bits per heavy atom. The zero-order valence-corrected chi connectivity index (χ0v) is 10.1. The van der Waals surface area contributed by atoms with Gasteiger partial charge in [-0.3, -0.25) is 9.59 Å². The third-order valence-electron chi connectivity index (χ3n) is 2.36. The zero-order chi connectivity index (χ0) is 12.7. The summed E-state index contributed by atoms with van der Waals surface area (Å²) >= 11 is 0. The third kappa shape index (κ3) is 4.65. The number of amides is 2. The fourth-order valence-electron chi connectivity index (χ4n) is 1.35. The first-order valence-electron chi connectivity index (χ1n) is 5.51. The molecule has 0 aromatic heterocycles. The number of carbonyl (C=O) groups is 2. The highest BCUT2D eigenvalue weighted by Crippen LogP contribution is 2.12. The summed E-state index contributed by atoms with van der Waals surface area (Å²) in [6, 6.07) is 7.58. The van der Waals surface area contributed by atoms with E-state index in [-0.39, 0.29) is 24.9 Å². The molecule has 0 aliphatic heterocycles. The van der Waals surface area contributed by atoms with Crippen molar-refractivity contribution >= 4 is 17.5 Å². The van der Waals surface area contributed by atoms with Gasteiger partial charge in [0.15, 0.2) is 13.1 Å². The predicted octanol–water partition coefficient (Wildman–Crippen LogP) is -0.757. The molecule has 0 bridgehead atoms. The first kappa shape index (κ1) is 13.2. The Kier molecular flexibility index (Phi) is 5.16. The monoisotopic (exact) mass is 236 g/mol. The van der Waals surface area contributed by atoms with Crippen LogP contribution in [-0.2, 0) is 9.59 Å². The molecule has 0 spiro atoms. The molecule has 17 heavy (non-hydrogen) atoms. The van der Waals surface area contributed by atoms with Crippen LogP contribution >= 0.6 is 0 Å². The van der Waals surface area contributed by atoms with Crippen LogP contribution in [0.3, 0.4) is 0 Å². The molecule has 0 saturated carbocycles. The Morgan fingerprint density at radius 3 is 2.47 bits per heavy atom. The van der Waals surface area contributed by atoms with Crippen LogP contribution in [-0.4, -0.2) is 32.0 Å². The quantitative estimate of drug-likeness (QED) is 0.629. The molecule has 5 heteroatoms. The second-order valence-electron chi connectivity index (χ2n) is 3.73. The minimum absolute atomic E-state index is 0.0892. The molecule has 1 aromatic carbocycles. The number of benzene rings is 1. The fourth-order valence-corrected chi connectivity index (χ4v) is 1.35. The predicted molar refractivity (Wildman–Crippen MR) is 65.5 cm³/mol. The normalized spacial score (nSPS) is 9.76. The number of quaternary nitrogens is 1. The Bertz CT molecular complexity index is 404. The standard InChI is InChI=1S/C12H17N3O2/c1-9-5-3-4-6-10(9)15-12(17)8-14-7-11(16)13-2/h3-6,14H,7-8H2,1-2H3,(H,13,16)(H,15,17)/p+1. The van der Waals surface area contributed by atoms with E-state index in [1.165, 1.54) is 0 Å². The largest absolute Gasteiger partial charge is 0.354 e. The van der Waals surface area contributed by atoms with E-state index >= 15 is 0 Å². The lowest BCUT2D eigenvalue weighted by Gasteiger charge is -2.07. The van der Waals surface area contributed by atoms with Crippen molar-refractivity contribution in [2.45, 2.75) is 6.92 Å². The summed E-state index contributed by atoms with van der Waals surface area (Å²) < 4.78 is 0. The van der Waals surface area contributed by atoms with E-state index in [1.807, 2.05) is 31.2 Å². The molecule has 0 heterocycles. The van der Waals surface area contributed by atoms with Crippen molar-refractivity contribution in [1.82, 2.24) is 5.32 Å². The summed E-state index contributed by atoms with van der Waals surface area (Å²) in [5.41, 5.74) is 1.83. The van der Waals surface area contributed by atoms with Crippen molar-refractivity contribution in [2.24, 2.45) is 0 Å². The van der Waals surface area contributed by atoms with E-state index in [4.69, 9.17) is 0 Å². The number of anilines is 1. The van der Waals surface area contributed by atoms with Crippen molar-refractivity contribution in [2.75, 3.05) is 25.5 Å². The molecular weight excluding hydrogens is 218 g/mol. The molecule has 2 amide bonds. The van der Waals surface area contributed by atoms with Gasteiger partial charge < -0.3 is 16.0 Å². The first-order chi connectivity index (χ1) is 8.13. The van der Waals surface area contributed by atoms with Crippen LogP contribution < -0.4 is 16.0 Å². The molecule has 0 radical (unpaired) electrons. The van der Waals surface area contributed by atoms with Gasteiger partial charge in [-0.15, -0.1) is 0 Å². The maximum absolute atomic E-state index is 11.6. The molecule has 0 saturated heterocycles. The number of carbonyl (C=O) groups excluding carboxylic acids is 2. The number of nitrogens with one attached hydrogen (secondary N) is 2. The van der Waals surface area contributed by atoms with Gasteiger partial charge in [0.25, 0.3) is 11.8 Å². The number of nitrogens with two attached hydrogens (primary N) is 1. The Hall–Kier alpha value is -1.88. The number of likely N-dealkylation sites (N-methyl/N-ethyl adjacent to an activating group) is 1. The van der Waals surface area contributed by atoms with Crippen molar-refractivity contribution in [3.63, 3.8) is 0 Å². The van der Waals surface area contributed by atoms with Crippen LogP contribution in [0.2, 0.25) is 0 Å².